The fraction of sp³-hybridized carbons (Fsp3) is 0.438. The van der Waals surface area contributed by atoms with Gasteiger partial charge in [0.2, 0.25) is 0 Å². The lowest BCUT2D eigenvalue weighted by Gasteiger charge is -2.19. The van der Waals surface area contributed by atoms with Crippen molar-refractivity contribution in [3.8, 4) is 0 Å². The third kappa shape index (κ3) is 2.93. The summed E-state index contributed by atoms with van der Waals surface area (Å²) in [5.74, 6) is 0. The molecule has 1 aliphatic heterocycles. The van der Waals surface area contributed by atoms with Crippen LogP contribution in [0, 0.1) is 0 Å². The van der Waals surface area contributed by atoms with Gasteiger partial charge in [0.1, 0.15) is 0 Å². The molecular weight excluding hydrogens is 252 g/mol. The Morgan fingerprint density at radius 3 is 2.84 bits per heavy atom. The monoisotopic (exact) mass is 272 g/mol. The highest BCUT2D eigenvalue weighted by molar-refractivity contribution is 8.00. The highest BCUT2D eigenvalue weighted by Crippen LogP contribution is 2.33. The van der Waals surface area contributed by atoms with Gasteiger partial charge in [0.25, 0.3) is 0 Å². The van der Waals surface area contributed by atoms with E-state index >= 15 is 0 Å². The summed E-state index contributed by atoms with van der Waals surface area (Å²) in [6.45, 7) is 8.73. The molecule has 0 saturated carbocycles. The zero-order chi connectivity index (χ0) is 13.5. The number of hydrogen-bond donors (Lipinski definition) is 1. The van der Waals surface area contributed by atoms with Crippen LogP contribution in [0.3, 0.4) is 0 Å². The first-order chi connectivity index (χ1) is 9.01. The van der Waals surface area contributed by atoms with Gasteiger partial charge in [-0.3, -0.25) is 4.98 Å². The lowest BCUT2D eigenvalue weighted by Crippen LogP contribution is -2.24. The van der Waals surface area contributed by atoms with Crippen LogP contribution in [0.15, 0.2) is 29.2 Å². The van der Waals surface area contributed by atoms with Crippen LogP contribution in [-0.2, 0) is 13.0 Å². The highest BCUT2D eigenvalue weighted by Gasteiger charge is 2.14. The van der Waals surface area contributed by atoms with Crippen molar-refractivity contribution < 1.29 is 0 Å². The number of thioether (sulfide) groups is 1. The highest BCUT2D eigenvalue weighted by atomic mass is 32.2. The molecule has 2 nitrogen and oxygen atoms in total. The van der Waals surface area contributed by atoms with Crippen LogP contribution in [-0.4, -0.2) is 16.3 Å². The molecule has 0 fully saturated rings. The van der Waals surface area contributed by atoms with E-state index in [1.807, 2.05) is 11.8 Å². The molecule has 2 heterocycles. The predicted octanol–water partition coefficient (Wildman–Crippen LogP) is 3.77. The van der Waals surface area contributed by atoms with Crippen LogP contribution in [0.25, 0.3) is 10.9 Å². The number of aromatic nitrogens is 1. The summed E-state index contributed by atoms with van der Waals surface area (Å²) >= 11 is 1.90. The largest absolute Gasteiger partial charge is 0.312 e. The van der Waals surface area contributed by atoms with E-state index < -0.39 is 0 Å². The fourth-order valence-corrected chi connectivity index (χ4v) is 3.46. The molecule has 2 aromatic rings. The minimum atomic E-state index is 0.242. The molecule has 0 spiro atoms. The van der Waals surface area contributed by atoms with Gasteiger partial charge >= 0.3 is 0 Å². The standard InChI is InChI=1S/C16H20N2S/c1-16(2,3)19-13-5-4-11-8-12-10-17-7-6-14(12)18-15(11)9-13/h4-5,8-9,17H,6-7,10H2,1-3H3. The van der Waals surface area contributed by atoms with Crippen molar-refractivity contribution in [3.05, 3.63) is 35.5 Å². The second kappa shape index (κ2) is 4.80. The van der Waals surface area contributed by atoms with E-state index in [1.165, 1.54) is 21.5 Å². The van der Waals surface area contributed by atoms with E-state index in [-0.39, 0.29) is 4.75 Å². The molecule has 100 valence electrons. The maximum Gasteiger partial charge on any atom is 0.0716 e. The van der Waals surface area contributed by atoms with Gasteiger partial charge in [-0.1, -0.05) is 26.8 Å². The van der Waals surface area contributed by atoms with Crippen LogP contribution in [0.2, 0.25) is 0 Å². The van der Waals surface area contributed by atoms with Crippen molar-refractivity contribution in [2.45, 2.75) is 43.4 Å². The van der Waals surface area contributed by atoms with Crippen molar-refractivity contribution in [3.63, 3.8) is 0 Å². The third-order valence-corrected chi connectivity index (χ3v) is 4.34. The lowest BCUT2D eigenvalue weighted by molar-refractivity contribution is 0.633. The first-order valence-electron chi connectivity index (χ1n) is 6.84. The molecule has 1 N–H and O–H groups in total. The van der Waals surface area contributed by atoms with Crippen molar-refractivity contribution in [2.24, 2.45) is 0 Å². The molecule has 3 rings (SSSR count). The van der Waals surface area contributed by atoms with Crippen LogP contribution in [0.4, 0.5) is 0 Å². The Morgan fingerprint density at radius 1 is 1.21 bits per heavy atom. The van der Waals surface area contributed by atoms with E-state index in [2.05, 4.69) is 50.4 Å². The third-order valence-electron chi connectivity index (χ3n) is 3.24. The Hall–Kier alpha value is -1.06. The minimum Gasteiger partial charge on any atom is -0.312 e. The second-order valence-electron chi connectivity index (χ2n) is 6.09. The maximum absolute atomic E-state index is 4.85. The Labute approximate surface area is 119 Å². The molecule has 0 saturated heterocycles. The van der Waals surface area contributed by atoms with E-state index in [4.69, 9.17) is 4.98 Å². The molecular formula is C16H20N2S. The van der Waals surface area contributed by atoms with Crippen molar-refractivity contribution >= 4 is 22.7 Å². The summed E-state index contributed by atoms with van der Waals surface area (Å²) in [4.78, 5) is 6.16. The van der Waals surface area contributed by atoms with Gasteiger partial charge in [-0.25, -0.2) is 0 Å². The Bertz CT molecular complexity index is 614. The zero-order valence-corrected chi connectivity index (χ0v) is 12.6. The zero-order valence-electron chi connectivity index (χ0n) is 11.8. The second-order valence-corrected chi connectivity index (χ2v) is 7.99. The van der Waals surface area contributed by atoms with Gasteiger partial charge in [0.05, 0.1) is 5.52 Å². The van der Waals surface area contributed by atoms with E-state index in [9.17, 15) is 0 Å². The average Bonchev–Trinajstić information content (AvgIpc) is 2.34. The maximum atomic E-state index is 4.85. The fourth-order valence-electron chi connectivity index (χ4n) is 2.45. The smallest absolute Gasteiger partial charge is 0.0716 e. The number of benzene rings is 1. The molecule has 19 heavy (non-hydrogen) atoms. The van der Waals surface area contributed by atoms with E-state index in [1.54, 1.807) is 0 Å². The van der Waals surface area contributed by atoms with E-state index in [0.717, 1.165) is 25.0 Å². The van der Waals surface area contributed by atoms with Gasteiger partial charge in [-0.2, -0.15) is 0 Å². The molecule has 1 aromatic carbocycles. The quantitative estimate of drug-likeness (QED) is 0.800. The van der Waals surface area contributed by atoms with Crippen molar-refractivity contribution in [1.29, 1.82) is 0 Å². The summed E-state index contributed by atoms with van der Waals surface area (Å²) in [7, 11) is 0. The summed E-state index contributed by atoms with van der Waals surface area (Å²) < 4.78 is 0.242. The molecule has 0 aliphatic carbocycles. The Balaban J connectivity index is 2.03. The van der Waals surface area contributed by atoms with Crippen LogP contribution < -0.4 is 5.32 Å². The minimum absolute atomic E-state index is 0.242. The van der Waals surface area contributed by atoms with Gasteiger partial charge in [-0.05, 0) is 23.8 Å². The molecule has 0 radical (unpaired) electrons. The van der Waals surface area contributed by atoms with Gasteiger partial charge in [0, 0.05) is 40.2 Å². The molecule has 0 unspecified atom stereocenters. The lowest BCUT2D eigenvalue weighted by atomic mass is 10.0. The van der Waals surface area contributed by atoms with Gasteiger partial charge < -0.3 is 5.32 Å². The van der Waals surface area contributed by atoms with Gasteiger partial charge in [-0.15, -0.1) is 11.8 Å². The first-order valence-corrected chi connectivity index (χ1v) is 7.65. The SMILES string of the molecule is CC(C)(C)Sc1ccc2cc3c(nc2c1)CCNC3. The van der Waals surface area contributed by atoms with Gasteiger partial charge in [0.15, 0.2) is 0 Å². The van der Waals surface area contributed by atoms with Crippen LogP contribution >= 0.6 is 11.8 Å². The van der Waals surface area contributed by atoms with E-state index in [0.29, 0.717) is 0 Å². The number of nitrogens with one attached hydrogen (secondary N) is 1. The summed E-state index contributed by atoms with van der Waals surface area (Å²) in [5, 5.41) is 4.65. The number of nitrogens with zero attached hydrogens (tertiary/aromatic N) is 1. The van der Waals surface area contributed by atoms with Crippen LogP contribution in [0.1, 0.15) is 32.0 Å². The molecule has 0 bridgehead atoms. The number of fused-ring (bicyclic) bond motifs is 2. The van der Waals surface area contributed by atoms with Crippen LogP contribution in [0.5, 0.6) is 0 Å². The topological polar surface area (TPSA) is 24.9 Å². The summed E-state index contributed by atoms with van der Waals surface area (Å²) in [6, 6.07) is 8.93. The molecule has 0 amide bonds. The first kappa shape index (κ1) is 12.9. The molecule has 0 atom stereocenters. The molecule has 3 heteroatoms. The van der Waals surface area contributed by atoms with Crippen molar-refractivity contribution in [2.75, 3.05) is 6.54 Å². The molecule has 1 aliphatic rings. The molecule has 1 aromatic heterocycles. The average molecular weight is 272 g/mol. The Kier molecular flexibility index (Phi) is 3.27. The normalized spacial score (nSPS) is 15.5. The Morgan fingerprint density at radius 2 is 2.05 bits per heavy atom. The van der Waals surface area contributed by atoms with Crippen molar-refractivity contribution in [1.82, 2.24) is 10.3 Å². The number of rotatable bonds is 1. The summed E-state index contributed by atoms with van der Waals surface area (Å²) in [5.41, 5.74) is 3.76. The predicted molar refractivity (Wildman–Crippen MR) is 82.8 cm³/mol. The number of pyridine rings is 1. The summed E-state index contributed by atoms with van der Waals surface area (Å²) in [6.07, 6.45) is 1.04. The number of hydrogen-bond acceptors (Lipinski definition) is 3.